The summed E-state index contributed by atoms with van der Waals surface area (Å²) in [4.78, 5) is 22.6. The van der Waals surface area contributed by atoms with Crippen molar-refractivity contribution in [2.75, 3.05) is 25.5 Å². The number of rotatable bonds is 7. The molecule has 0 radical (unpaired) electrons. The molecule has 0 spiro atoms. The van der Waals surface area contributed by atoms with E-state index in [0.29, 0.717) is 28.6 Å². The van der Waals surface area contributed by atoms with Gasteiger partial charge in [0.1, 0.15) is 11.4 Å². The number of nitro benzene ring substituents is 1. The minimum absolute atomic E-state index is 0.0136. The van der Waals surface area contributed by atoms with E-state index in [4.69, 9.17) is 16.3 Å². The largest absolute Gasteiger partial charge is 0.496 e. The van der Waals surface area contributed by atoms with Crippen LogP contribution in [-0.2, 0) is 0 Å². The molecule has 0 aromatic heterocycles. The van der Waals surface area contributed by atoms with Gasteiger partial charge in [0.15, 0.2) is 0 Å². The van der Waals surface area contributed by atoms with E-state index in [1.165, 1.54) is 19.2 Å². The number of nitrogens with zero attached hydrogens (tertiary/aromatic N) is 1. The summed E-state index contributed by atoms with van der Waals surface area (Å²) in [5, 5.41) is 17.0. The molecule has 0 bridgehead atoms. The Labute approximate surface area is 143 Å². The van der Waals surface area contributed by atoms with Gasteiger partial charge in [0.2, 0.25) is 0 Å². The summed E-state index contributed by atoms with van der Waals surface area (Å²) < 4.78 is 5.13. The second kappa shape index (κ2) is 8.16. The zero-order chi connectivity index (χ0) is 17.5. The fourth-order valence-electron chi connectivity index (χ4n) is 2.11. The van der Waals surface area contributed by atoms with Gasteiger partial charge in [0, 0.05) is 24.2 Å². The van der Waals surface area contributed by atoms with Crippen LogP contribution in [0.5, 0.6) is 5.75 Å². The molecule has 7 nitrogen and oxygen atoms in total. The Kier molecular flexibility index (Phi) is 5.97. The number of para-hydroxylation sites is 2. The molecule has 0 fully saturated rings. The topological polar surface area (TPSA) is 93.5 Å². The zero-order valence-corrected chi connectivity index (χ0v) is 13.7. The second-order valence-corrected chi connectivity index (χ2v) is 5.24. The first-order valence-corrected chi connectivity index (χ1v) is 7.49. The maximum Gasteiger partial charge on any atom is 0.292 e. The van der Waals surface area contributed by atoms with Crippen LogP contribution in [0, 0.1) is 10.1 Å². The fraction of sp³-hybridized carbons (Fsp3) is 0.188. The van der Waals surface area contributed by atoms with Gasteiger partial charge in [-0.15, -0.1) is 0 Å². The summed E-state index contributed by atoms with van der Waals surface area (Å²) in [5.74, 6) is 0.0854. The maximum absolute atomic E-state index is 12.2. The quantitative estimate of drug-likeness (QED) is 0.455. The van der Waals surface area contributed by atoms with Gasteiger partial charge in [-0.3, -0.25) is 14.9 Å². The van der Waals surface area contributed by atoms with Crippen LogP contribution in [0.1, 0.15) is 10.4 Å². The monoisotopic (exact) mass is 349 g/mol. The Morgan fingerprint density at radius 2 is 2.00 bits per heavy atom. The molecular weight excluding hydrogens is 334 g/mol. The minimum Gasteiger partial charge on any atom is -0.496 e. The van der Waals surface area contributed by atoms with Crippen LogP contribution in [0.4, 0.5) is 11.4 Å². The van der Waals surface area contributed by atoms with Crippen LogP contribution in [0.3, 0.4) is 0 Å². The highest BCUT2D eigenvalue weighted by atomic mass is 35.5. The Balaban J connectivity index is 1.92. The van der Waals surface area contributed by atoms with Gasteiger partial charge in [0.05, 0.1) is 17.6 Å². The van der Waals surface area contributed by atoms with E-state index in [1.54, 1.807) is 30.3 Å². The number of nitro groups is 1. The molecule has 0 aliphatic rings. The average molecular weight is 350 g/mol. The Hall–Kier alpha value is -2.80. The molecule has 0 aliphatic heterocycles. The molecule has 0 saturated heterocycles. The van der Waals surface area contributed by atoms with Crippen LogP contribution in [0.15, 0.2) is 42.5 Å². The van der Waals surface area contributed by atoms with E-state index in [2.05, 4.69) is 10.6 Å². The van der Waals surface area contributed by atoms with Gasteiger partial charge < -0.3 is 15.4 Å². The molecular formula is C16H16ClN3O4. The van der Waals surface area contributed by atoms with Crippen LogP contribution >= 0.6 is 11.6 Å². The third kappa shape index (κ3) is 4.36. The lowest BCUT2D eigenvalue weighted by Gasteiger charge is -2.11. The van der Waals surface area contributed by atoms with Crippen molar-refractivity contribution in [3.8, 4) is 5.75 Å². The molecule has 0 atom stereocenters. The summed E-state index contributed by atoms with van der Waals surface area (Å²) in [6, 6.07) is 11.1. The molecule has 126 valence electrons. The normalized spacial score (nSPS) is 10.1. The Morgan fingerprint density at radius 3 is 2.71 bits per heavy atom. The summed E-state index contributed by atoms with van der Waals surface area (Å²) in [7, 11) is 1.47. The number of ether oxygens (including phenoxy) is 1. The summed E-state index contributed by atoms with van der Waals surface area (Å²) in [6.45, 7) is 0.611. The van der Waals surface area contributed by atoms with Gasteiger partial charge in [-0.1, -0.05) is 23.7 Å². The highest BCUT2D eigenvalue weighted by Gasteiger charge is 2.13. The van der Waals surface area contributed by atoms with Crippen LogP contribution in [0.25, 0.3) is 0 Å². The molecule has 0 saturated carbocycles. The van der Waals surface area contributed by atoms with Gasteiger partial charge in [-0.25, -0.2) is 0 Å². The number of amides is 1. The van der Waals surface area contributed by atoms with Crippen molar-refractivity contribution in [3.05, 3.63) is 63.2 Å². The number of hydrogen-bond acceptors (Lipinski definition) is 5. The minimum atomic E-state index is -0.461. The molecule has 8 heteroatoms. The first-order valence-electron chi connectivity index (χ1n) is 7.12. The lowest BCUT2D eigenvalue weighted by molar-refractivity contribution is -0.384. The van der Waals surface area contributed by atoms with Gasteiger partial charge in [-0.2, -0.15) is 0 Å². The van der Waals surface area contributed by atoms with Crippen LogP contribution < -0.4 is 15.4 Å². The molecule has 2 rings (SSSR count). The van der Waals surface area contributed by atoms with Crippen molar-refractivity contribution in [3.63, 3.8) is 0 Å². The van der Waals surface area contributed by atoms with Crippen LogP contribution in [-0.4, -0.2) is 31.0 Å². The number of carbonyl (C=O) groups is 1. The van der Waals surface area contributed by atoms with Crippen molar-refractivity contribution < 1.29 is 14.5 Å². The summed E-state index contributed by atoms with van der Waals surface area (Å²) in [5.41, 5.74) is 0.716. The number of methoxy groups -OCH3 is 1. The fourth-order valence-corrected chi connectivity index (χ4v) is 2.28. The molecule has 0 heterocycles. The number of benzene rings is 2. The third-order valence-corrected chi connectivity index (χ3v) is 3.47. The van der Waals surface area contributed by atoms with Gasteiger partial charge >= 0.3 is 0 Å². The van der Waals surface area contributed by atoms with Gasteiger partial charge in [-0.05, 0) is 24.3 Å². The van der Waals surface area contributed by atoms with E-state index in [9.17, 15) is 14.9 Å². The summed E-state index contributed by atoms with van der Waals surface area (Å²) >= 11 is 5.89. The maximum atomic E-state index is 12.2. The van der Waals surface area contributed by atoms with Gasteiger partial charge in [0.25, 0.3) is 11.6 Å². The molecule has 0 unspecified atom stereocenters. The first-order chi connectivity index (χ1) is 11.5. The van der Waals surface area contributed by atoms with Crippen LogP contribution in [0.2, 0.25) is 5.02 Å². The van der Waals surface area contributed by atoms with E-state index in [-0.39, 0.29) is 18.1 Å². The number of carbonyl (C=O) groups excluding carboxylic acids is 1. The SMILES string of the molecule is COc1ccc(Cl)cc1C(=O)NCCNc1ccccc1[N+](=O)[O-]. The number of hydrogen-bond donors (Lipinski definition) is 2. The standard InChI is InChI=1S/C16H16ClN3O4/c1-24-15-7-6-11(17)10-12(15)16(21)19-9-8-18-13-4-2-3-5-14(13)20(22)23/h2-7,10,18H,8-9H2,1H3,(H,19,21). The van der Waals surface area contributed by atoms with E-state index in [0.717, 1.165) is 0 Å². The molecule has 2 aromatic carbocycles. The highest BCUT2D eigenvalue weighted by molar-refractivity contribution is 6.31. The predicted molar refractivity (Wildman–Crippen MR) is 91.9 cm³/mol. The molecule has 24 heavy (non-hydrogen) atoms. The molecule has 2 N–H and O–H groups in total. The van der Waals surface area contributed by atoms with E-state index >= 15 is 0 Å². The summed E-state index contributed by atoms with van der Waals surface area (Å²) in [6.07, 6.45) is 0. The Bertz CT molecular complexity index is 752. The number of nitrogens with one attached hydrogen (secondary N) is 2. The van der Waals surface area contributed by atoms with Crippen molar-refractivity contribution in [1.29, 1.82) is 0 Å². The highest BCUT2D eigenvalue weighted by Crippen LogP contribution is 2.23. The average Bonchev–Trinajstić information content (AvgIpc) is 2.58. The molecule has 0 aliphatic carbocycles. The van der Waals surface area contributed by atoms with Crippen molar-refractivity contribution in [2.24, 2.45) is 0 Å². The van der Waals surface area contributed by atoms with E-state index < -0.39 is 4.92 Å². The third-order valence-electron chi connectivity index (χ3n) is 3.23. The molecule has 2 aromatic rings. The smallest absolute Gasteiger partial charge is 0.292 e. The predicted octanol–water partition coefficient (Wildman–Crippen LogP) is 3.10. The lowest BCUT2D eigenvalue weighted by Crippen LogP contribution is -2.29. The number of anilines is 1. The molecule has 1 amide bonds. The first kappa shape index (κ1) is 17.6. The zero-order valence-electron chi connectivity index (χ0n) is 12.9. The van der Waals surface area contributed by atoms with E-state index in [1.807, 2.05) is 0 Å². The Morgan fingerprint density at radius 1 is 1.25 bits per heavy atom. The van der Waals surface area contributed by atoms with Crippen molar-refractivity contribution in [1.82, 2.24) is 5.32 Å². The van der Waals surface area contributed by atoms with Crippen molar-refractivity contribution in [2.45, 2.75) is 0 Å². The number of halogens is 1. The lowest BCUT2D eigenvalue weighted by atomic mass is 10.2. The van der Waals surface area contributed by atoms with Crippen molar-refractivity contribution >= 4 is 28.9 Å². The second-order valence-electron chi connectivity index (χ2n) is 4.80.